The van der Waals surface area contributed by atoms with Crippen molar-refractivity contribution in [3.8, 4) is 0 Å². The molecule has 1 N–H and O–H groups in total. The second-order valence-corrected chi connectivity index (χ2v) is 7.61. The summed E-state index contributed by atoms with van der Waals surface area (Å²) in [5.74, 6) is 0. The number of likely N-dealkylation sites (N-methyl/N-ethyl adjacent to an activating group) is 2. The summed E-state index contributed by atoms with van der Waals surface area (Å²) in [6.45, 7) is 11.1. The zero-order chi connectivity index (χ0) is 15.4. The van der Waals surface area contributed by atoms with Crippen molar-refractivity contribution < 1.29 is 0 Å². The van der Waals surface area contributed by atoms with Crippen LogP contribution in [0.1, 0.15) is 28.9 Å². The first-order valence-corrected chi connectivity index (χ1v) is 8.88. The highest BCUT2D eigenvalue weighted by molar-refractivity contribution is 7.11. The Labute approximate surface area is 133 Å². The third-order valence-corrected chi connectivity index (χ3v) is 5.58. The van der Waals surface area contributed by atoms with Crippen molar-refractivity contribution in [2.24, 2.45) is 0 Å². The summed E-state index contributed by atoms with van der Waals surface area (Å²) in [4.78, 5) is 11.1. The van der Waals surface area contributed by atoms with Crippen LogP contribution in [0, 0.1) is 13.8 Å². The third-order valence-electron chi connectivity index (χ3n) is 4.49. The van der Waals surface area contributed by atoms with Gasteiger partial charge in [-0.2, -0.15) is 0 Å². The van der Waals surface area contributed by atoms with Gasteiger partial charge in [0.1, 0.15) is 0 Å². The molecule has 1 aromatic rings. The van der Waals surface area contributed by atoms with Crippen LogP contribution in [-0.2, 0) is 6.42 Å². The van der Waals surface area contributed by atoms with Crippen molar-refractivity contribution >= 4 is 11.3 Å². The number of aromatic nitrogens is 1. The number of aryl methyl sites for hydroxylation is 2. The van der Waals surface area contributed by atoms with Crippen LogP contribution in [0.2, 0.25) is 0 Å². The Balaban J connectivity index is 2.09. The molecule has 1 aromatic heterocycles. The van der Waals surface area contributed by atoms with Gasteiger partial charge in [0.2, 0.25) is 0 Å². The molecule has 4 nitrogen and oxygen atoms in total. The van der Waals surface area contributed by atoms with E-state index in [9.17, 15) is 0 Å². The summed E-state index contributed by atoms with van der Waals surface area (Å²) < 4.78 is 0. The van der Waals surface area contributed by atoms with E-state index < -0.39 is 0 Å². The molecular weight excluding hydrogens is 280 g/mol. The van der Waals surface area contributed by atoms with Crippen LogP contribution in [-0.4, -0.2) is 67.1 Å². The molecule has 0 amide bonds. The fourth-order valence-corrected chi connectivity index (χ4v) is 3.96. The first-order valence-electron chi connectivity index (χ1n) is 8.06. The van der Waals surface area contributed by atoms with Gasteiger partial charge in [0.15, 0.2) is 0 Å². The minimum absolute atomic E-state index is 0.489. The number of rotatable bonds is 6. The Hall–Kier alpha value is -0.490. The molecule has 2 rings (SSSR count). The summed E-state index contributed by atoms with van der Waals surface area (Å²) in [5.41, 5.74) is 1.19. The number of nitrogens with zero attached hydrogens (tertiary/aromatic N) is 3. The zero-order valence-corrected chi connectivity index (χ0v) is 15.0. The molecule has 5 heteroatoms. The van der Waals surface area contributed by atoms with E-state index >= 15 is 0 Å². The third kappa shape index (κ3) is 4.49. The van der Waals surface area contributed by atoms with E-state index in [1.165, 1.54) is 28.5 Å². The van der Waals surface area contributed by atoms with Crippen molar-refractivity contribution in [3.63, 3.8) is 0 Å². The lowest BCUT2D eigenvalue weighted by Gasteiger charge is -2.42. The maximum absolute atomic E-state index is 4.74. The lowest BCUT2D eigenvalue weighted by atomic mass is 10.0. The molecule has 1 fully saturated rings. The Morgan fingerprint density at radius 1 is 1.33 bits per heavy atom. The van der Waals surface area contributed by atoms with Gasteiger partial charge >= 0.3 is 0 Å². The summed E-state index contributed by atoms with van der Waals surface area (Å²) in [5, 5.41) is 5.04. The lowest BCUT2D eigenvalue weighted by molar-refractivity contribution is 0.0876. The second-order valence-electron chi connectivity index (χ2n) is 6.32. The molecule has 0 radical (unpaired) electrons. The fourth-order valence-electron chi connectivity index (χ4n) is 2.97. The van der Waals surface area contributed by atoms with Gasteiger partial charge in [-0.15, -0.1) is 11.3 Å². The van der Waals surface area contributed by atoms with Gasteiger partial charge in [0.25, 0.3) is 0 Å². The van der Waals surface area contributed by atoms with Crippen LogP contribution in [0.25, 0.3) is 0 Å². The first-order chi connectivity index (χ1) is 10.0. The van der Waals surface area contributed by atoms with Crippen LogP contribution >= 0.6 is 11.3 Å². The molecule has 0 bridgehead atoms. The van der Waals surface area contributed by atoms with Crippen LogP contribution in [0.3, 0.4) is 0 Å². The minimum atomic E-state index is 0.489. The highest BCUT2D eigenvalue weighted by Crippen LogP contribution is 2.20. The quantitative estimate of drug-likeness (QED) is 0.870. The van der Waals surface area contributed by atoms with Crippen LogP contribution in [0.15, 0.2) is 0 Å². The zero-order valence-electron chi connectivity index (χ0n) is 14.1. The van der Waals surface area contributed by atoms with E-state index in [0.29, 0.717) is 12.1 Å². The van der Waals surface area contributed by atoms with E-state index in [1.807, 2.05) is 11.3 Å². The van der Waals surface area contributed by atoms with Crippen molar-refractivity contribution in [2.75, 3.05) is 40.3 Å². The molecule has 2 heterocycles. The van der Waals surface area contributed by atoms with Crippen LogP contribution in [0.5, 0.6) is 0 Å². The van der Waals surface area contributed by atoms with Gasteiger partial charge < -0.3 is 10.2 Å². The highest BCUT2D eigenvalue weighted by Gasteiger charge is 2.30. The molecule has 0 saturated carbocycles. The number of nitrogens with one attached hydrogen (secondary N) is 1. The SMILES string of the molecule is CCCNC(Cc1nc(C)c(C)s1)C1CN(C)CCN1C. The molecule has 0 aliphatic carbocycles. The predicted octanol–water partition coefficient (Wildman–Crippen LogP) is 1.92. The average molecular weight is 311 g/mol. The van der Waals surface area contributed by atoms with Gasteiger partial charge in [0, 0.05) is 43.0 Å². The number of hydrogen-bond acceptors (Lipinski definition) is 5. The molecule has 1 aliphatic rings. The first kappa shape index (κ1) is 16.9. The molecule has 2 unspecified atom stereocenters. The Bertz CT molecular complexity index is 426. The predicted molar refractivity (Wildman–Crippen MR) is 91.3 cm³/mol. The van der Waals surface area contributed by atoms with Crippen LogP contribution in [0.4, 0.5) is 0 Å². The van der Waals surface area contributed by atoms with Gasteiger partial charge in [0.05, 0.1) is 10.7 Å². The average Bonchev–Trinajstić information content (AvgIpc) is 2.76. The summed E-state index contributed by atoms with van der Waals surface area (Å²) in [6.07, 6.45) is 2.22. The van der Waals surface area contributed by atoms with Crippen molar-refractivity contribution in [1.29, 1.82) is 0 Å². The highest BCUT2D eigenvalue weighted by atomic mass is 32.1. The molecule has 1 saturated heterocycles. The molecule has 2 atom stereocenters. The van der Waals surface area contributed by atoms with E-state index in [-0.39, 0.29) is 0 Å². The molecule has 21 heavy (non-hydrogen) atoms. The largest absolute Gasteiger partial charge is 0.312 e. The summed E-state index contributed by atoms with van der Waals surface area (Å²) in [7, 11) is 4.49. The standard InChI is InChI=1S/C16H30N4S/c1-6-7-17-14(10-16-18-12(2)13(3)21-16)15-11-19(4)8-9-20(15)5/h14-15,17H,6-11H2,1-5H3. The number of hydrogen-bond donors (Lipinski definition) is 1. The smallest absolute Gasteiger partial charge is 0.0947 e. The molecule has 0 spiro atoms. The maximum Gasteiger partial charge on any atom is 0.0947 e. The number of piperazine rings is 1. The van der Waals surface area contributed by atoms with Crippen LogP contribution < -0.4 is 5.32 Å². The summed E-state index contributed by atoms with van der Waals surface area (Å²) >= 11 is 1.86. The summed E-state index contributed by atoms with van der Waals surface area (Å²) in [6, 6.07) is 1.06. The maximum atomic E-state index is 4.74. The monoisotopic (exact) mass is 310 g/mol. The molecule has 1 aliphatic heterocycles. The van der Waals surface area contributed by atoms with Crippen molar-refractivity contribution in [1.82, 2.24) is 20.1 Å². The van der Waals surface area contributed by atoms with Gasteiger partial charge in [-0.05, 0) is 40.9 Å². The number of thiazole rings is 1. The Kier molecular flexibility index (Phi) is 6.17. The van der Waals surface area contributed by atoms with E-state index in [1.54, 1.807) is 0 Å². The van der Waals surface area contributed by atoms with Gasteiger partial charge in [-0.25, -0.2) is 4.98 Å². The fraction of sp³-hybridized carbons (Fsp3) is 0.812. The van der Waals surface area contributed by atoms with E-state index in [0.717, 1.165) is 26.1 Å². The normalized spacial score (nSPS) is 22.6. The molecule has 120 valence electrons. The van der Waals surface area contributed by atoms with Gasteiger partial charge in [-0.3, -0.25) is 4.90 Å². The minimum Gasteiger partial charge on any atom is -0.312 e. The molecule has 0 aromatic carbocycles. The lowest BCUT2D eigenvalue weighted by Crippen LogP contribution is -2.59. The second kappa shape index (κ2) is 7.68. The van der Waals surface area contributed by atoms with Crippen molar-refractivity contribution in [2.45, 2.75) is 45.7 Å². The Morgan fingerprint density at radius 3 is 2.71 bits per heavy atom. The van der Waals surface area contributed by atoms with Gasteiger partial charge in [-0.1, -0.05) is 6.92 Å². The molecular formula is C16H30N4S. The topological polar surface area (TPSA) is 31.4 Å². The van der Waals surface area contributed by atoms with E-state index in [2.05, 4.69) is 50.0 Å². The van der Waals surface area contributed by atoms with Crippen molar-refractivity contribution in [3.05, 3.63) is 15.6 Å². The Morgan fingerprint density at radius 2 is 2.10 bits per heavy atom. The van der Waals surface area contributed by atoms with E-state index in [4.69, 9.17) is 4.98 Å².